The molecule has 0 radical (unpaired) electrons. The molecule has 25 heavy (non-hydrogen) atoms. The fourth-order valence-electron chi connectivity index (χ4n) is 2.64. The molecule has 1 amide bonds. The van der Waals surface area contributed by atoms with Crippen molar-refractivity contribution < 1.29 is 14.3 Å². The van der Waals surface area contributed by atoms with Gasteiger partial charge < -0.3 is 14.5 Å². The van der Waals surface area contributed by atoms with Crippen molar-refractivity contribution in [3.8, 4) is 0 Å². The van der Waals surface area contributed by atoms with E-state index in [4.69, 9.17) is 10.3 Å². The minimum Gasteiger partial charge on any atom is -0.444 e. The number of azide groups is 1. The molecule has 1 fully saturated rings. The number of carbonyl (C=O) groups excluding carboxylic acids is 2. The highest BCUT2D eigenvalue weighted by molar-refractivity contribution is 5.83. The molecule has 0 aliphatic carbocycles. The maximum absolute atomic E-state index is 12.1. The second kappa shape index (κ2) is 7.44. The van der Waals surface area contributed by atoms with Crippen LogP contribution in [0.1, 0.15) is 36.7 Å². The lowest BCUT2D eigenvalue weighted by molar-refractivity contribution is 0.0240. The third kappa shape index (κ3) is 4.64. The molecule has 0 spiro atoms. The van der Waals surface area contributed by atoms with E-state index in [0.717, 1.165) is 12.0 Å². The van der Waals surface area contributed by atoms with Crippen LogP contribution < -0.4 is 4.90 Å². The van der Waals surface area contributed by atoms with Crippen LogP contribution in [-0.2, 0) is 4.74 Å². The van der Waals surface area contributed by atoms with Gasteiger partial charge in [0.2, 0.25) is 0 Å². The quantitative estimate of drug-likeness (QED) is 0.360. The highest BCUT2D eigenvalue weighted by Gasteiger charge is 2.26. The molecule has 1 saturated heterocycles. The average molecular weight is 345 g/mol. The first kappa shape index (κ1) is 18.6. The van der Waals surface area contributed by atoms with E-state index in [0.29, 0.717) is 43.0 Å². The molecule has 1 aromatic carbocycles. The van der Waals surface area contributed by atoms with Crippen LogP contribution in [0.2, 0.25) is 0 Å². The zero-order valence-corrected chi connectivity index (χ0v) is 15.0. The average Bonchev–Trinajstić information content (AvgIpc) is 2.55. The van der Waals surface area contributed by atoms with Gasteiger partial charge in [-0.15, -0.1) is 0 Å². The van der Waals surface area contributed by atoms with Crippen LogP contribution >= 0.6 is 0 Å². The summed E-state index contributed by atoms with van der Waals surface area (Å²) < 4.78 is 5.39. The van der Waals surface area contributed by atoms with E-state index < -0.39 is 5.60 Å². The summed E-state index contributed by atoms with van der Waals surface area (Å²) in [5.41, 5.74) is 10.6. The highest BCUT2D eigenvalue weighted by atomic mass is 16.6. The lowest BCUT2D eigenvalue weighted by Gasteiger charge is -2.37. The predicted molar refractivity (Wildman–Crippen MR) is 95.4 cm³/mol. The van der Waals surface area contributed by atoms with Crippen LogP contribution in [0.25, 0.3) is 10.4 Å². The summed E-state index contributed by atoms with van der Waals surface area (Å²) in [5.74, 6) is 0. The first-order valence-corrected chi connectivity index (χ1v) is 8.13. The van der Waals surface area contributed by atoms with E-state index in [9.17, 15) is 9.59 Å². The summed E-state index contributed by atoms with van der Waals surface area (Å²) in [5, 5.41) is 3.66. The summed E-state index contributed by atoms with van der Waals surface area (Å²) in [6.07, 6.45) is 0.436. The molecule has 0 atom stereocenters. The van der Waals surface area contributed by atoms with Crippen molar-refractivity contribution >= 4 is 23.8 Å². The summed E-state index contributed by atoms with van der Waals surface area (Å²) in [6.45, 7) is 9.53. The highest BCUT2D eigenvalue weighted by Crippen LogP contribution is 2.29. The van der Waals surface area contributed by atoms with Crippen molar-refractivity contribution in [2.75, 3.05) is 31.1 Å². The third-order valence-electron chi connectivity index (χ3n) is 3.98. The monoisotopic (exact) mass is 345 g/mol. The SMILES string of the molecule is Cc1c(C=O)cc(N2CCN(C(=O)OC(C)(C)C)CC2)cc1N=[N+]=[N-]. The number of amides is 1. The topological polar surface area (TPSA) is 98.6 Å². The van der Waals surface area contributed by atoms with Crippen molar-refractivity contribution in [1.82, 2.24) is 4.90 Å². The maximum atomic E-state index is 12.1. The molecule has 8 heteroatoms. The molecule has 2 rings (SSSR count). The van der Waals surface area contributed by atoms with Gasteiger partial charge in [-0.3, -0.25) is 4.79 Å². The Bertz CT molecular complexity index is 712. The molecule has 1 aliphatic heterocycles. The number of ether oxygens (including phenoxy) is 1. The second-order valence-corrected chi connectivity index (χ2v) is 6.94. The molecule has 1 aromatic rings. The summed E-state index contributed by atoms with van der Waals surface area (Å²) in [7, 11) is 0. The number of anilines is 1. The molecular weight excluding hydrogens is 322 g/mol. The summed E-state index contributed by atoms with van der Waals surface area (Å²) in [4.78, 5) is 29.9. The normalized spacial score (nSPS) is 14.7. The zero-order valence-electron chi connectivity index (χ0n) is 15.0. The molecule has 0 unspecified atom stereocenters. The first-order valence-electron chi connectivity index (χ1n) is 8.13. The van der Waals surface area contributed by atoms with Gasteiger partial charge in [0.1, 0.15) is 11.9 Å². The minimum absolute atomic E-state index is 0.320. The van der Waals surface area contributed by atoms with Crippen LogP contribution in [0.15, 0.2) is 17.2 Å². The van der Waals surface area contributed by atoms with Gasteiger partial charge in [-0.2, -0.15) is 0 Å². The Morgan fingerprint density at radius 2 is 1.92 bits per heavy atom. The lowest BCUT2D eigenvalue weighted by atomic mass is 10.1. The van der Waals surface area contributed by atoms with Crippen molar-refractivity contribution in [2.45, 2.75) is 33.3 Å². The number of carbonyl (C=O) groups is 2. The second-order valence-electron chi connectivity index (χ2n) is 6.94. The van der Waals surface area contributed by atoms with Crippen LogP contribution in [0, 0.1) is 6.92 Å². The van der Waals surface area contributed by atoms with Gasteiger partial charge in [-0.05, 0) is 50.9 Å². The predicted octanol–water partition coefficient (Wildman–Crippen LogP) is 3.81. The Morgan fingerprint density at radius 3 is 2.44 bits per heavy atom. The van der Waals surface area contributed by atoms with E-state index in [1.165, 1.54) is 0 Å². The number of rotatable bonds is 3. The summed E-state index contributed by atoms with van der Waals surface area (Å²) >= 11 is 0. The van der Waals surface area contributed by atoms with Crippen molar-refractivity contribution in [3.63, 3.8) is 0 Å². The number of aldehydes is 1. The van der Waals surface area contributed by atoms with E-state index >= 15 is 0 Å². The van der Waals surface area contributed by atoms with Gasteiger partial charge >= 0.3 is 6.09 Å². The number of hydrogen-bond acceptors (Lipinski definition) is 5. The molecule has 8 nitrogen and oxygen atoms in total. The molecular formula is C17H23N5O3. The Morgan fingerprint density at radius 1 is 1.28 bits per heavy atom. The first-order chi connectivity index (χ1) is 11.7. The van der Waals surface area contributed by atoms with Gasteiger partial charge in [0, 0.05) is 48.0 Å². The molecule has 0 saturated carbocycles. The van der Waals surface area contributed by atoms with Crippen molar-refractivity contribution in [1.29, 1.82) is 0 Å². The van der Waals surface area contributed by atoms with Gasteiger partial charge in [0.25, 0.3) is 0 Å². The van der Waals surface area contributed by atoms with Gasteiger partial charge in [-0.25, -0.2) is 4.79 Å². The number of benzene rings is 1. The zero-order chi connectivity index (χ0) is 18.6. The van der Waals surface area contributed by atoms with Crippen molar-refractivity contribution in [2.24, 2.45) is 5.11 Å². The van der Waals surface area contributed by atoms with Crippen LogP contribution in [0.4, 0.5) is 16.2 Å². The molecule has 134 valence electrons. The third-order valence-corrected chi connectivity index (χ3v) is 3.98. The maximum Gasteiger partial charge on any atom is 0.410 e. The van der Waals surface area contributed by atoms with Crippen LogP contribution in [0.3, 0.4) is 0 Å². The molecule has 0 aromatic heterocycles. The van der Waals surface area contributed by atoms with Gasteiger partial charge in [0.05, 0.1) is 0 Å². The minimum atomic E-state index is -0.520. The van der Waals surface area contributed by atoms with Crippen LogP contribution in [0.5, 0.6) is 0 Å². The largest absolute Gasteiger partial charge is 0.444 e. The summed E-state index contributed by atoms with van der Waals surface area (Å²) in [6, 6.07) is 3.55. The van der Waals surface area contributed by atoms with Gasteiger partial charge in [0.15, 0.2) is 0 Å². The van der Waals surface area contributed by atoms with Crippen molar-refractivity contribution in [3.05, 3.63) is 33.7 Å². The fraction of sp³-hybridized carbons (Fsp3) is 0.529. The Labute approximate surface area is 147 Å². The molecule has 0 N–H and O–H groups in total. The molecule has 1 heterocycles. The van der Waals surface area contributed by atoms with Crippen LogP contribution in [-0.4, -0.2) is 49.1 Å². The van der Waals surface area contributed by atoms with Gasteiger partial charge in [-0.1, -0.05) is 5.11 Å². The smallest absolute Gasteiger partial charge is 0.410 e. The number of hydrogen-bond donors (Lipinski definition) is 0. The Kier molecular flexibility index (Phi) is 5.54. The molecule has 1 aliphatic rings. The fourth-order valence-corrected chi connectivity index (χ4v) is 2.64. The number of piperazine rings is 1. The lowest BCUT2D eigenvalue weighted by Crippen LogP contribution is -2.50. The van der Waals surface area contributed by atoms with E-state index in [-0.39, 0.29) is 6.09 Å². The Balaban J connectivity index is 2.13. The Hall–Kier alpha value is -2.73. The standard InChI is InChI=1S/C17H23N5O3/c1-12-13(11-23)9-14(10-15(12)19-20-18)21-5-7-22(8-6-21)16(24)25-17(2,3)4/h9-11H,5-8H2,1-4H3. The molecule has 0 bridgehead atoms. The van der Waals surface area contributed by atoms with E-state index in [2.05, 4.69) is 14.9 Å². The number of nitrogens with zero attached hydrogens (tertiary/aromatic N) is 5. The van der Waals surface area contributed by atoms with E-state index in [1.54, 1.807) is 24.0 Å². The van der Waals surface area contributed by atoms with E-state index in [1.807, 2.05) is 20.8 Å².